The van der Waals surface area contributed by atoms with Crippen molar-refractivity contribution >= 4 is 17.9 Å². The van der Waals surface area contributed by atoms with Gasteiger partial charge in [0.05, 0.1) is 6.07 Å². The van der Waals surface area contributed by atoms with Crippen LogP contribution in [0.5, 0.6) is 0 Å². The normalized spacial score (nSPS) is 7.50. The zero-order chi connectivity index (χ0) is 11.6. The summed E-state index contributed by atoms with van der Waals surface area (Å²) in [6, 6.07) is 1.55. The average Bonchev–Trinajstić information content (AvgIpc) is 2.04. The zero-order valence-corrected chi connectivity index (χ0v) is 7.94. The number of carboxylic acids is 1. The Balaban J connectivity index is 0. The third kappa shape index (κ3) is 16.6. The summed E-state index contributed by atoms with van der Waals surface area (Å²) in [7, 11) is 0. The highest BCUT2D eigenvalue weighted by Crippen LogP contribution is 1.83. The lowest BCUT2D eigenvalue weighted by Gasteiger charge is -1.90. The first-order valence-corrected chi connectivity index (χ1v) is 3.74. The van der Waals surface area contributed by atoms with E-state index >= 15 is 0 Å². The number of nitriles is 1. The molecule has 0 aliphatic carbocycles. The summed E-state index contributed by atoms with van der Waals surface area (Å²) in [5.74, 6) is -2.23. The highest BCUT2D eigenvalue weighted by atomic mass is 16.6. The number of carbonyl (C=O) groups excluding carboxylic acids is 2. The van der Waals surface area contributed by atoms with Crippen molar-refractivity contribution < 1.29 is 24.2 Å². The van der Waals surface area contributed by atoms with Crippen LogP contribution in [0.1, 0.15) is 26.7 Å². The molecule has 0 aromatic carbocycles. The fourth-order valence-corrected chi connectivity index (χ4v) is 0.261. The van der Waals surface area contributed by atoms with Crippen LogP contribution in [0, 0.1) is 11.3 Å². The molecule has 0 aromatic rings. The molecule has 0 aliphatic heterocycles. The molecule has 1 N–H and O–H groups in total. The minimum absolute atomic E-state index is 0.222. The van der Waals surface area contributed by atoms with Gasteiger partial charge in [0, 0.05) is 13.3 Å². The van der Waals surface area contributed by atoms with Gasteiger partial charge in [0.15, 0.2) is 0 Å². The Morgan fingerprint density at radius 1 is 1.43 bits per heavy atom. The summed E-state index contributed by atoms with van der Waals surface area (Å²) in [6.07, 6.45) is -0.153. The monoisotopic (exact) mass is 201 g/mol. The lowest BCUT2D eigenvalue weighted by atomic mass is 10.5. The molecule has 78 valence electrons. The van der Waals surface area contributed by atoms with Crippen LogP contribution in [0.15, 0.2) is 0 Å². The molecule has 0 saturated heterocycles. The second-order valence-corrected chi connectivity index (χ2v) is 2.05. The maximum atomic E-state index is 10.2. The van der Waals surface area contributed by atoms with E-state index in [1.165, 1.54) is 0 Å². The van der Waals surface area contributed by atoms with Gasteiger partial charge in [0.25, 0.3) is 0 Å². The third-order valence-electron chi connectivity index (χ3n) is 0.783. The summed E-state index contributed by atoms with van der Waals surface area (Å²) in [5.41, 5.74) is 0. The van der Waals surface area contributed by atoms with Crippen LogP contribution in [0.4, 0.5) is 0 Å². The Morgan fingerprint density at radius 2 is 1.86 bits per heavy atom. The van der Waals surface area contributed by atoms with Gasteiger partial charge >= 0.3 is 17.9 Å². The molecule has 0 aliphatic rings. The van der Waals surface area contributed by atoms with Crippen molar-refractivity contribution in [1.29, 1.82) is 5.26 Å². The van der Waals surface area contributed by atoms with Crippen molar-refractivity contribution in [2.24, 2.45) is 0 Å². The van der Waals surface area contributed by atoms with Gasteiger partial charge in [0.2, 0.25) is 0 Å². The molecule has 0 spiro atoms. The SMILES string of the molecule is CC(=O)OC(=O)CC#N.CCC(=O)O. The van der Waals surface area contributed by atoms with Crippen molar-refractivity contribution in [3.05, 3.63) is 0 Å². The molecule has 6 nitrogen and oxygen atoms in total. The van der Waals surface area contributed by atoms with Crippen LogP contribution in [0.25, 0.3) is 0 Å². The number of ether oxygens (including phenoxy) is 1. The fraction of sp³-hybridized carbons (Fsp3) is 0.500. The van der Waals surface area contributed by atoms with Crippen molar-refractivity contribution in [2.75, 3.05) is 0 Å². The number of esters is 2. The second-order valence-electron chi connectivity index (χ2n) is 2.05. The second kappa shape index (κ2) is 9.19. The van der Waals surface area contributed by atoms with Gasteiger partial charge in [-0.15, -0.1) is 0 Å². The van der Waals surface area contributed by atoms with Crippen molar-refractivity contribution in [1.82, 2.24) is 0 Å². The highest BCUT2D eigenvalue weighted by Gasteiger charge is 2.02. The number of rotatable bonds is 2. The van der Waals surface area contributed by atoms with Crippen molar-refractivity contribution in [3.8, 4) is 6.07 Å². The standard InChI is InChI=1S/C5H5NO3.C3H6O2/c1-4(7)9-5(8)2-3-6;1-2-3(4)5/h2H2,1H3;2H2,1H3,(H,4,5). The van der Waals surface area contributed by atoms with Crippen molar-refractivity contribution in [3.63, 3.8) is 0 Å². The molecule has 0 fully saturated rings. The summed E-state index contributed by atoms with van der Waals surface area (Å²) in [5, 5.41) is 15.6. The van der Waals surface area contributed by atoms with Gasteiger partial charge in [-0.1, -0.05) is 6.92 Å². The van der Waals surface area contributed by atoms with E-state index in [1.54, 1.807) is 13.0 Å². The largest absolute Gasteiger partial charge is 0.481 e. The van der Waals surface area contributed by atoms with Gasteiger partial charge < -0.3 is 9.84 Å². The molecule has 0 unspecified atom stereocenters. The first-order chi connectivity index (χ1) is 6.43. The molecule has 0 heterocycles. The number of carbonyl (C=O) groups is 3. The molecule has 0 aromatic heterocycles. The molecule has 0 amide bonds. The van der Waals surface area contributed by atoms with Gasteiger partial charge in [-0.25, -0.2) is 0 Å². The van der Waals surface area contributed by atoms with Gasteiger partial charge in [-0.3, -0.25) is 14.4 Å². The lowest BCUT2D eigenvalue weighted by molar-refractivity contribution is -0.157. The fourth-order valence-electron chi connectivity index (χ4n) is 0.261. The number of hydrogen-bond acceptors (Lipinski definition) is 5. The summed E-state index contributed by atoms with van der Waals surface area (Å²) in [4.78, 5) is 29.5. The zero-order valence-electron chi connectivity index (χ0n) is 7.94. The maximum absolute atomic E-state index is 10.2. The summed E-state index contributed by atoms with van der Waals surface area (Å²) < 4.78 is 3.99. The third-order valence-corrected chi connectivity index (χ3v) is 0.783. The number of hydrogen-bond donors (Lipinski definition) is 1. The van der Waals surface area contributed by atoms with Crippen LogP contribution in [-0.4, -0.2) is 23.0 Å². The smallest absolute Gasteiger partial charge is 0.327 e. The molecule has 0 bridgehead atoms. The topological polar surface area (TPSA) is 104 Å². The Labute approximate surface area is 81.1 Å². The summed E-state index contributed by atoms with van der Waals surface area (Å²) in [6.45, 7) is 2.71. The van der Waals surface area contributed by atoms with E-state index in [2.05, 4.69) is 4.74 Å². The number of carboxylic acid groups (broad SMARTS) is 1. The number of nitrogens with zero attached hydrogens (tertiary/aromatic N) is 1. The minimum Gasteiger partial charge on any atom is -0.481 e. The molecule has 0 atom stereocenters. The lowest BCUT2D eigenvalue weighted by Crippen LogP contribution is -2.07. The molecule has 6 heteroatoms. The van der Waals surface area contributed by atoms with Crippen LogP contribution >= 0.6 is 0 Å². The van der Waals surface area contributed by atoms with Crippen LogP contribution in [0.3, 0.4) is 0 Å². The Morgan fingerprint density at radius 3 is 2.07 bits per heavy atom. The predicted molar refractivity (Wildman–Crippen MR) is 44.9 cm³/mol. The quantitative estimate of drug-likeness (QED) is 0.514. The molecular weight excluding hydrogens is 190 g/mol. The van der Waals surface area contributed by atoms with E-state index in [9.17, 15) is 14.4 Å². The minimum atomic E-state index is -0.801. The summed E-state index contributed by atoms with van der Waals surface area (Å²) >= 11 is 0. The Bertz CT molecular complexity index is 253. The maximum Gasteiger partial charge on any atom is 0.327 e. The predicted octanol–water partition coefficient (Wildman–Crippen LogP) is 0.471. The molecule has 14 heavy (non-hydrogen) atoms. The van der Waals surface area contributed by atoms with Crippen LogP contribution in [0.2, 0.25) is 0 Å². The first-order valence-electron chi connectivity index (χ1n) is 3.74. The molecule has 0 rings (SSSR count). The average molecular weight is 201 g/mol. The van der Waals surface area contributed by atoms with E-state index in [0.29, 0.717) is 0 Å². The Kier molecular flexibility index (Phi) is 9.59. The van der Waals surface area contributed by atoms with Gasteiger partial charge in [-0.2, -0.15) is 5.26 Å². The van der Waals surface area contributed by atoms with Crippen LogP contribution < -0.4 is 0 Å². The molecule has 0 saturated carbocycles. The van der Waals surface area contributed by atoms with E-state index < -0.39 is 17.9 Å². The first kappa shape index (κ1) is 14.6. The van der Waals surface area contributed by atoms with E-state index in [0.717, 1.165) is 6.92 Å². The van der Waals surface area contributed by atoms with Gasteiger partial charge in [-0.05, 0) is 0 Å². The number of aliphatic carboxylic acids is 1. The van der Waals surface area contributed by atoms with Crippen LogP contribution in [-0.2, 0) is 19.1 Å². The van der Waals surface area contributed by atoms with Gasteiger partial charge in [0.1, 0.15) is 6.42 Å². The van der Waals surface area contributed by atoms with E-state index in [4.69, 9.17) is 10.4 Å². The van der Waals surface area contributed by atoms with E-state index in [1.807, 2.05) is 0 Å². The van der Waals surface area contributed by atoms with Crippen molar-refractivity contribution in [2.45, 2.75) is 26.7 Å². The Hall–Kier alpha value is -1.90. The molecule has 0 radical (unpaired) electrons. The highest BCUT2D eigenvalue weighted by molar-refractivity contribution is 5.85. The van der Waals surface area contributed by atoms with E-state index in [-0.39, 0.29) is 12.8 Å². The molecular formula is C8H11NO5.